The normalized spacial score (nSPS) is 18.2. The summed E-state index contributed by atoms with van der Waals surface area (Å²) in [6.07, 6.45) is -0.299. The first-order chi connectivity index (χ1) is 13.8. The van der Waals surface area contributed by atoms with Gasteiger partial charge >= 0.3 is 0 Å². The summed E-state index contributed by atoms with van der Waals surface area (Å²) in [5, 5.41) is 11.4. The van der Waals surface area contributed by atoms with E-state index in [-0.39, 0.29) is 12.2 Å². The molecule has 1 N–H and O–H groups in total. The molecule has 4 rings (SSSR count). The zero-order valence-corrected chi connectivity index (χ0v) is 19.5. The van der Waals surface area contributed by atoms with Crippen molar-refractivity contribution in [2.45, 2.75) is 25.5 Å². The number of fused-ring (bicyclic) bond motifs is 1. The van der Waals surface area contributed by atoms with Crippen LogP contribution in [-0.4, -0.2) is 16.8 Å². The predicted octanol–water partition coefficient (Wildman–Crippen LogP) is 5.59. The zero-order chi connectivity index (χ0) is 20.8. The van der Waals surface area contributed by atoms with Crippen LogP contribution in [0.25, 0.3) is 0 Å². The Hall–Kier alpha value is -1.80. The molecule has 7 heteroatoms. The number of carbonyl (C=O) groups excluding carboxylic acids is 2. The van der Waals surface area contributed by atoms with Crippen molar-refractivity contribution in [2.75, 3.05) is 4.90 Å². The molecule has 2 heterocycles. The Labute approximate surface area is 189 Å². The molecule has 1 aliphatic rings. The number of rotatable bonds is 5. The number of hydrogen-bond acceptors (Lipinski definition) is 4. The van der Waals surface area contributed by atoms with Gasteiger partial charge in [0.05, 0.1) is 27.3 Å². The highest BCUT2D eigenvalue weighted by molar-refractivity contribution is 9.11. The van der Waals surface area contributed by atoms with E-state index in [1.54, 1.807) is 29.2 Å². The van der Waals surface area contributed by atoms with Crippen molar-refractivity contribution in [1.29, 1.82) is 0 Å². The van der Waals surface area contributed by atoms with Crippen molar-refractivity contribution in [3.05, 3.63) is 84.4 Å². The molecule has 148 valence electrons. The number of carbonyl (C=O) groups is 2. The summed E-state index contributed by atoms with van der Waals surface area (Å²) in [4.78, 5) is 28.2. The number of ketones is 1. The first-order valence-corrected chi connectivity index (χ1v) is 11.4. The van der Waals surface area contributed by atoms with Gasteiger partial charge in [0.15, 0.2) is 11.4 Å². The van der Waals surface area contributed by atoms with E-state index in [9.17, 15) is 14.7 Å². The second kappa shape index (κ2) is 7.80. The molecular weight excluding hydrogens is 518 g/mol. The van der Waals surface area contributed by atoms with E-state index < -0.39 is 11.5 Å². The minimum Gasteiger partial charge on any atom is -0.375 e. The van der Waals surface area contributed by atoms with E-state index in [0.29, 0.717) is 22.7 Å². The molecule has 1 atom stereocenters. The quantitative estimate of drug-likeness (QED) is 0.434. The van der Waals surface area contributed by atoms with Gasteiger partial charge in [-0.15, -0.1) is 11.3 Å². The number of thiophene rings is 1. The van der Waals surface area contributed by atoms with E-state index >= 15 is 0 Å². The van der Waals surface area contributed by atoms with Gasteiger partial charge in [-0.1, -0.05) is 45.8 Å². The molecule has 1 unspecified atom stereocenters. The summed E-state index contributed by atoms with van der Waals surface area (Å²) in [6, 6.07) is 16.7. The molecule has 0 radical (unpaired) electrons. The van der Waals surface area contributed by atoms with E-state index in [2.05, 4.69) is 31.9 Å². The molecule has 3 aromatic rings. The molecule has 4 nitrogen and oxygen atoms in total. The molecule has 1 aliphatic heterocycles. The van der Waals surface area contributed by atoms with Crippen LogP contribution in [-0.2, 0) is 16.9 Å². The third-order valence-electron chi connectivity index (χ3n) is 5.02. The highest BCUT2D eigenvalue weighted by Gasteiger charge is 2.51. The number of aliphatic hydroxyl groups is 1. The summed E-state index contributed by atoms with van der Waals surface area (Å²) < 4.78 is 1.57. The van der Waals surface area contributed by atoms with Crippen molar-refractivity contribution >= 4 is 60.6 Å². The molecule has 0 saturated carbocycles. The van der Waals surface area contributed by atoms with Gasteiger partial charge in [0, 0.05) is 10.0 Å². The maximum atomic E-state index is 13.3. The minimum absolute atomic E-state index is 0.264. The molecule has 0 aliphatic carbocycles. The van der Waals surface area contributed by atoms with Gasteiger partial charge in [-0.3, -0.25) is 9.59 Å². The van der Waals surface area contributed by atoms with Gasteiger partial charge in [-0.05, 0) is 58.7 Å². The number of halogens is 2. The van der Waals surface area contributed by atoms with E-state index in [1.807, 2.05) is 37.3 Å². The van der Waals surface area contributed by atoms with Crippen molar-refractivity contribution in [3.63, 3.8) is 0 Å². The summed E-state index contributed by atoms with van der Waals surface area (Å²) >= 11 is 8.05. The third kappa shape index (κ3) is 3.84. The van der Waals surface area contributed by atoms with Crippen LogP contribution in [0.5, 0.6) is 0 Å². The zero-order valence-electron chi connectivity index (χ0n) is 15.5. The van der Waals surface area contributed by atoms with Crippen molar-refractivity contribution in [1.82, 2.24) is 0 Å². The second-order valence-corrected chi connectivity index (χ2v) is 10.5. The second-order valence-electron chi connectivity index (χ2n) is 7.10. The molecule has 1 amide bonds. The smallest absolute Gasteiger partial charge is 0.264 e. The fraction of sp³-hybridized carbons (Fsp3) is 0.182. The Kier molecular flexibility index (Phi) is 5.50. The lowest BCUT2D eigenvalue weighted by molar-refractivity contribution is -0.136. The van der Waals surface area contributed by atoms with Crippen molar-refractivity contribution in [3.8, 4) is 0 Å². The van der Waals surface area contributed by atoms with Crippen LogP contribution in [0.15, 0.2) is 62.9 Å². The number of aryl methyl sites for hydroxylation is 1. The number of anilines is 1. The lowest BCUT2D eigenvalue weighted by Gasteiger charge is -2.22. The fourth-order valence-corrected chi connectivity index (χ4v) is 5.19. The van der Waals surface area contributed by atoms with Crippen LogP contribution >= 0.6 is 43.2 Å². The Balaban J connectivity index is 1.71. The standard InChI is InChI=1S/C22H17Br2NO3S/c1-13-2-4-14(5-3-13)12-25-17-7-6-15(23)10-16(17)22(28,21(25)27)11-18(26)19-8-9-20(24)29-19/h2-10,28H,11-12H2,1H3. The largest absolute Gasteiger partial charge is 0.375 e. The first kappa shape index (κ1) is 20.5. The Morgan fingerprint density at radius 1 is 1.10 bits per heavy atom. The number of nitrogens with zero attached hydrogens (tertiary/aromatic N) is 1. The number of Topliss-reactive ketones (excluding diaryl/α,β-unsaturated/α-hetero) is 1. The van der Waals surface area contributed by atoms with Crippen molar-refractivity contribution < 1.29 is 14.7 Å². The third-order valence-corrected chi connectivity index (χ3v) is 7.18. The first-order valence-electron chi connectivity index (χ1n) is 8.96. The molecule has 0 bridgehead atoms. The molecule has 1 aromatic heterocycles. The number of benzene rings is 2. The minimum atomic E-state index is -1.89. The maximum Gasteiger partial charge on any atom is 0.264 e. The Morgan fingerprint density at radius 2 is 1.83 bits per heavy atom. The van der Waals surface area contributed by atoms with Gasteiger partial charge in [-0.25, -0.2) is 0 Å². The lowest BCUT2D eigenvalue weighted by atomic mass is 9.89. The van der Waals surface area contributed by atoms with Crippen molar-refractivity contribution in [2.24, 2.45) is 0 Å². The Bertz CT molecular complexity index is 1110. The molecule has 0 spiro atoms. The molecule has 0 fully saturated rings. The van der Waals surface area contributed by atoms with Gasteiger partial charge in [0.2, 0.25) is 0 Å². The van der Waals surface area contributed by atoms with E-state index in [0.717, 1.165) is 19.4 Å². The SMILES string of the molecule is Cc1ccc(CN2C(=O)C(O)(CC(=O)c3ccc(Br)s3)c3cc(Br)ccc32)cc1. The average Bonchev–Trinajstić information content (AvgIpc) is 3.20. The van der Waals surface area contributed by atoms with Gasteiger partial charge < -0.3 is 10.0 Å². The monoisotopic (exact) mass is 533 g/mol. The van der Waals surface area contributed by atoms with E-state index in [1.165, 1.54) is 11.3 Å². The number of amides is 1. The van der Waals surface area contributed by atoms with Crippen LogP contribution in [0.4, 0.5) is 5.69 Å². The highest BCUT2D eigenvalue weighted by atomic mass is 79.9. The van der Waals surface area contributed by atoms with Crippen LogP contribution < -0.4 is 4.90 Å². The predicted molar refractivity (Wildman–Crippen MR) is 121 cm³/mol. The van der Waals surface area contributed by atoms with E-state index in [4.69, 9.17) is 0 Å². The summed E-state index contributed by atoms with van der Waals surface area (Å²) in [7, 11) is 0. The Morgan fingerprint density at radius 3 is 2.48 bits per heavy atom. The van der Waals surface area contributed by atoms with Crippen LogP contribution in [0.3, 0.4) is 0 Å². The lowest BCUT2D eigenvalue weighted by Crippen LogP contribution is -2.41. The van der Waals surface area contributed by atoms with Gasteiger partial charge in [-0.2, -0.15) is 0 Å². The topological polar surface area (TPSA) is 57.6 Å². The average molecular weight is 535 g/mol. The van der Waals surface area contributed by atoms with Gasteiger partial charge in [0.1, 0.15) is 0 Å². The molecule has 0 saturated heterocycles. The fourth-order valence-electron chi connectivity index (χ4n) is 3.51. The molecular formula is C22H17Br2NO3S. The molecule has 29 heavy (non-hydrogen) atoms. The summed E-state index contributed by atoms with van der Waals surface area (Å²) in [5.41, 5.74) is 1.28. The number of hydrogen-bond donors (Lipinski definition) is 1. The van der Waals surface area contributed by atoms with Gasteiger partial charge in [0.25, 0.3) is 5.91 Å². The molecule has 2 aromatic carbocycles. The summed E-state index contributed by atoms with van der Waals surface area (Å²) in [6.45, 7) is 2.33. The van der Waals surface area contributed by atoms with Crippen LogP contribution in [0.2, 0.25) is 0 Å². The highest BCUT2D eigenvalue weighted by Crippen LogP contribution is 2.45. The summed E-state index contributed by atoms with van der Waals surface area (Å²) in [5.74, 6) is -0.741. The van der Waals surface area contributed by atoms with Crippen LogP contribution in [0.1, 0.15) is 32.8 Å². The maximum absolute atomic E-state index is 13.3. The van der Waals surface area contributed by atoms with Crippen LogP contribution in [0, 0.1) is 6.92 Å².